The van der Waals surface area contributed by atoms with Crippen LogP contribution in [0.1, 0.15) is 25.7 Å². The van der Waals surface area contributed by atoms with Crippen molar-refractivity contribution in [1.29, 1.82) is 0 Å². The maximum Gasteiger partial charge on any atom is 0.247 e. The van der Waals surface area contributed by atoms with Gasteiger partial charge in [0.2, 0.25) is 5.91 Å². The minimum absolute atomic E-state index is 0.122. The largest absolute Gasteiger partial charge is 0.341 e. The molecule has 1 aromatic rings. The standard InChI is InChI=1S/C11H18N4O/c1-3-14(4-2)11(16)9-10-13-6-8-15(10)7-5-12-9/h6,8-9,12H,3-5,7H2,1-2H3/t9-/m1/s1. The van der Waals surface area contributed by atoms with Gasteiger partial charge in [0.15, 0.2) is 0 Å². The first-order valence-corrected chi connectivity index (χ1v) is 5.81. The summed E-state index contributed by atoms with van der Waals surface area (Å²) in [6.07, 6.45) is 3.68. The number of rotatable bonds is 3. The molecule has 5 heteroatoms. The van der Waals surface area contributed by atoms with Gasteiger partial charge in [0.1, 0.15) is 11.9 Å². The van der Waals surface area contributed by atoms with Gasteiger partial charge in [-0.05, 0) is 13.8 Å². The van der Waals surface area contributed by atoms with Crippen LogP contribution in [0.4, 0.5) is 0 Å². The highest BCUT2D eigenvalue weighted by Gasteiger charge is 2.29. The van der Waals surface area contributed by atoms with Crippen LogP contribution in [-0.4, -0.2) is 40.0 Å². The molecule has 0 aliphatic carbocycles. The molecule has 1 aliphatic heterocycles. The topological polar surface area (TPSA) is 50.2 Å². The van der Waals surface area contributed by atoms with E-state index in [1.165, 1.54) is 0 Å². The van der Waals surface area contributed by atoms with Gasteiger partial charge in [0, 0.05) is 38.6 Å². The zero-order chi connectivity index (χ0) is 11.5. The predicted octanol–water partition coefficient (Wildman–Crippen LogP) is 0.396. The fraction of sp³-hybridized carbons (Fsp3) is 0.636. The van der Waals surface area contributed by atoms with E-state index >= 15 is 0 Å². The van der Waals surface area contributed by atoms with Crippen molar-refractivity contribution in [2.45, 2.75) is 26.4 Å². The van der Waals surface area contributed by atoms with Crippen LogP contribution < -0.4 is 5.32 Å². The summed E-state index contributed by atoms with van der Waals surface area (Å²) in [5, 5.41) is 3.24. The van der Waals surface area contributed by atoms with Crippen LogP contribution in [0.15, 0.2) is 12.4 Å². The number of carbonyl (C=O) groups excluding carboxylic acids is 1. The Morgan fingerprint density at radius 2 is 2.38 bits per heavy atom. The molecule has 0 bridgehead atoms. The van der Waals surface area contributed by atoms with Crippen molar-refractivity contribution in [3.05, 3.63) is 18.2 Å². The molecule has 16 heavy (non-hydrogen) atoms. The molecule has 0 aromatic carbocycles. The van der Waals surface area contributed by atoms with Crippen molar-refractivity contribution in [3.8, 4) is 0 Å². The SMILES string of the molecule is CCN(CC)C(=O)[C@@H]1NCCn2ccnc21. The normalized spacial score (nSPS) is 19.2. The van der Waals surface area contributed by atoms with Crippen molar-refractivity contribution < 1.29 is 4.79 Å². The Hall–Kier alpha value is -1.36. The maximum atomic E-state index is 12.2. The van der Waals surface area contributed by atoms with Crippen molar-refractivity contribution in [2.75, 3.05) is 19.6 Å². The third-order valence-electron chi connectivity index (χ3n) is 3.03. The van der Waals surface area contributed by atoms with Crippen molar-refractivity contribution >= 4 is 5.91 Å². The van der Waals surface area contributed by atoms with Crippen LogP contribution in [0.25, 0.3) is 0 Å². The molecule has 1 amide bonds. The molecule has 0 radical (unpaired) electrons. The van der Waals surface area contributed by atoms with Gasteiger partial charge in [-0.15, -0.1) is 0 Å². The highest BCUT2D eigenvalue weighted by Crippen LogP contribution is 2.17. The lowest BCUT2D eigenvalue weighted by Gasteiger charge is -2.29. The summed E-state index contributed by atoms with van der Waals surface area (Å²) in [6, 6.07) is -0.274. The number of hydrogen-bond donors (Lipinski definition) is 1. The summed E-state index contributed by atoms with van der Waals surface area (Å²) in [6.45, 7) is 7.19. The second kappa shape index (κ2) is 4.65. The number of aromatic nitrogens is 2. The van der Waals surface area contributed by atoms with Crippen LogP contribution in [0, 0.1) is 0 Å². The lowest BCUT2D eigenvalue weighted by molar-refractivity contribution is -0.133. The number of amides is 1. The van der Waals surface area contributed by atoms with Gasteiger partial charge >= 0.3 is 0 Å². The summed E-state index contributed by atoms with van der Waals surface area (Å²) >= 11 is 0. The van der Waals surface area contributed by atoms with Crippen molar-refractivity contribution in [1.82, 2.24) is 19.8 Å². The molecule has 0 saturated carbocycles. The van der Waals surface area contributed by atoms with Gasteiger partial charge in [0.05, 0.1) is 0 Å². The van der Waals surface area contributed by atoms with E-state index in [1.807, 2.05) is 29.5 Å². The molecule has 0 fully saturated rings. The molecule has 0 saturated heterocycles. The summed E-state index contributed by atoms with van der Waals surface area (Å²) in [5.41, 5.74) is 0. The van der Waals surface area contributed by atoms with Gasteiger partial charge < -0.3 is 9.47 Å². The van der Waals surface area contributed by atoms with E-state index in [4.69, 9.17) is 0 Å². The Balaban J connectivity index is 2.21. The molecule has 2 heterocycles. The quantitative estimate of drug-likeness (QED) is 0.805. The molecule has 5 nitrogen and oxygen atoms in total. The van der Waals surface area contributed by atoms with Gasteiger partial charge in [0.25, 0.3) is 0 Å². The Morgan fingerprint density at radius 1 is 1.62 bits per heavy atom. The van der Waals surface area contributed by atoms with Crippen LogP contribution >= 0.6 is 0 Å². The molecule has 1 aliphatic rings. The summed E-state index contributed by atoms with van der Waals surface area (Å²) in [7, 11) is 0. The molecule has 0 unspecified atom stereocenters. The molecule has 1 atom stereocenters. The van der Waals surface area contributed by atoms with E-state index in [1.54, 1.807) is 6.20 Å². The van der Waals surface area contributed by atoms with Gasteiger partial charge in [-0.3, -0.25) is 10.1 Å². The second-order valence-electron chi connectivity index (χ2n) is 3.88. The first kappa shape index (κ1) is 11.1. The maximum absolute atomic E-state index is 12.2. The van der Waals surface area contributed by atoms with E-state index in [2.05, 4.69) is 10.3 Å². The van der Waals surface area contributed by atoms with Gasteiger partial charge in [-0.25, -0.2) is 4.98 Å². The number of carbonyl (C=O) groups is 1. The predicted molar refractivity (Wildman–Crippen MR) is 60.9 cm³/mol. The lowest BCUT2D eigenvalue weighted by atomic mass is 10.2. The van der Waals surface area contributed by atoms with Crippen LogP contribution in [-0.2, 0) is 11.3 Å². The fourth-order valence-electron chi connectivity index (χ4n) is 2.11. The average Bonchev–Trinajstić information content (AvgIpc) is 2.78. The van der Waals surface area contributed by atoms with E-state index in [9.17, 15) is 4.79 Å². The Morgan fingerprint density at radius 3 is 3.06 bits per heavy atom. The summed E-state index contributed by atoms with van der Waals surface area (Å²) in [4.78, 5) is 18.3. The number of fused-ring (bicyclic) bond motifs is 1. The first-order chi connectivity index (χ1) is 7.77. The highest BCUT2D eigenvalue weighted by molar-refractivity contribution is 5.82. The van der Waals surface area contributed by atoms with Crippen LogP contribution in [0.5, 0.6) is 0 Å². The Kier molecular flexibility index (Phi) is 3.24. The smallest absolute Gasteiger partial charge is 0.247 e. The molecule has 0 spiro atoms. The average molecular weight is 222 g/mol. The van der Waals surface area contributed by atoms with Crippen molar-refractivity contribution in [2.24, 2.45) is 0 Å². The Bertz CT molecular complexity index is 370. The monoisotopic (exact) mass is 222 g/mol. The number of nitrogens with one attached hydrogen (secondary N) is 1. The minimum atomic E-state index is -0.274. The van der Waals surface area contributed by atoms with Gasteiger partial charge in [-0.1, -0.05) is 0 Å². The molecule has 1 aromatic heterocycles. The van der Waals surface area contributed by atoms with E-state index in [0.717, 1.165) is 32.0 Å². The zero-order valence-corrected chi connectivity index (χ0v) is 9.81. The number of likely N-dealkylation sites (N-methyl/N-ethyl adjacent to an activating group) is 1. The third kappa shape index (κ3) is 1.82. The number of imidazole rings is 1. The Labute approximate surface area is 95.5 Å². The second-order valence-corrected chi connectivity index (χ2v) is 3.88. The third-order valence-corrected chi connectivity index (χ3v) is 3.03. The molecule has 88 valence electrons. The molecular weight excluding hydrogens is 204 g/mol. The van der Waals surface area contributed by atoms with E-state index in [0.29, 0.717) is 0 Å². The number of nitrogens with zero attached hydrogens (tertiary/aromatic N) is 3. The summed E-state index contributed by atoms with van der Waals surface area (Å²) < 4.78 is 2.04. The molecular formula is C11H18N4O. The zero-order valence-electron chi connectivity index (χ0n) is 9.81. The highest BCUT2D eigenvalue weighted by atomic mass is 16.2. The van der Waals surface area contributed by atoms with Crippen LogP contribution in [0.2, 0.25) is 0 Å². The van der Waals surface area contributed by atoms with Crippen molar-refractivity contribution in [3.63, 3.8) is 0 Å². The number of hydrogen-bond acceptors (Lipinski definition) is 3. The first-order valence-electron chi connectivity index (χ1n) is 5.81. The van der Waals surface area contributed by atoms with E-state index in [-0.39, 0.29) is 11.9 Å². The molecule has 2 rings (SSSR count). The van der Waals surface area contributed by atoms with Crippen LogP contribution in [0.3, 0.4) is 0 Å². The molecule has 1 N–H and O–H groups in total. The summed E-state index contributed by atoms with van der Waals surface area (Å²) in [5.74, 6) is 0.959. The lowest BCUT2D eigenvalue weighted by Crippen LogP contribution is -2.45. The minimum Gasteiger partial charge on any atom is -0.341 e. The van der Waals surface area contributed by atoms with E-state index < -0.39 is 0 Å². The van der Waals surface area contributed by atoms with Gasteiger partial charge in [-0.2, -0.15) is 0 Å². The fourth-order valence-corrected chi connectivity index (χ4v) is 2.11.